The summed E-state index contributed by atoms with van der Waals surface area (Å²) < 4.78 is 0. The Morgan fingerprint density at radius 2 is 2.07 bits per heavy atom. The van der Waals surface area contributed by atoms with Crippen LogP contribution in [0.4, 0.5) is 5.82 Å². The summed E-state index contributed by atoms with van der Waals surface area (Å²) in [5, 5.41) is 9.30. The summed E-state index contributed by atoms with van der Waals surface area (Å²) in [5.41, 5.74) is 0. The van der Waals surface area contributed by atoms with Crippen molar-refractivity contribution in [3.63, 3.8) is 0 Å². The quantitative estimate of drug-likeness (QED) is 0.774. The Kier molecular flexibility index (Phi) is 14.1. The Labute approximate surface area is 97.4 Å². The predicted molar refractivity (Wildman–Crippen MR) is 69.2 cm³/mol. The van der Waals surface area contributed by atoms with E-state index < -0.39 is 0 Å². The van der Waals surface area contributed by atoms with E-state index >= 15 is 0 Å². The van der Waals surface area contributed by atoms with Crippen LogP contribution >= 0.6 is 11.6 Å². The van der Waals surface area contributed by atoms with Crippen molar-refractivity contribution in [2.45, 2.75) is 27.2 Å². The summed E-state index contributed by atoms with van der Waals surface area (Å²) in [7, 11) is 0. The van der Waals surface area contributed by atoms with Crippen LogP contribution in [-0.4, -0.2) is 18.2 Å². The normalized spacial score (nSPS) is 7.73. The molecule has 2 N–H and O–H groups in total. The maximum absolute atomic E-state index is 5.83. The molecule has 0 aliphatic heterocycles. The number of pyridine rings is 1. The average molecular weight is 230 g/mol. The zero-order chi connectivity index (χ0) is 12.1. The molecule has 3 nitrogen and oxygen atoms in total. The molecule has 0 saturated carbocycles. The number of hydrogen-bond acceptors (Lipinski definition) is 3. The van der Waals surface area contributed by atoms with Crippen molar-refractivity contribution in [1.82, 2.24) is 4.98 Å². The van der Waals surface area contributed by atoms with Crippen LogP contribution in [0.15, 0.2) is 18.3 Å². The summed E-state index contributed by atoms with van der Waals surface area (Å²) in [6, 6.07) is 3.64. The molecule has 0 radical (unpaired) electrons. The van der Waals surface area contributed by atoms with Gasteiger partial charge in [-0.15, -0.1) is 0 Å². The number of anilines is 1. The van der Waals surface area contributed by atoms with E-state index in [1.165, 1.54) is 0 Å². The molecule has 86 valence electrons. The van der Waals surface area contributed by atoms with Gasteiger partial charge in [0.25, 0.3) is 0 Å². The van der Waals surface area contributed by atoms with Gasteiger partial charge in [0, 0.05) is 12.7 Å². The molecule has 4 heteroatoms. The largest absolute Gasteiger partial charge is 0.369 e. The second-order valence-corrected chi connectivity index (χ2v) is 2.67. The maximum Gasteiger partial charge on any atom is 0.144 e. The van der Waals surface area contributed by atoms with Crippen molar-refractivity contribution in [3.8, 4) is 0 Å². The van der Waals surface area contributed by atoms with Gasteiger partial charge in [-0.25, -0.2) is 4.98 Å². The van der Waals surface area contributed by atoms with E-state index in [4.69, 9.17) is 17.0 Å². The molecule has 1 aromatic heterocycles. The molecule has 15 heavy (non-hydrogen) atoms. The first-order valence-electron chi connectivity index (χ1n) is 5.04. The van der Waals surface area contributed by atoms with Gasteiger partial charge in [-0.2, -0.15) is 0 Å². The van der Waals surface area contributed by atoms with Gasteiger partial charge in [0.1, 0.15) is 5.82 Å². The second kappa shape index (κ2) is 12.9. The number of halogens is 1. The number of hydrogen-bond donors (Lipinski definition) is 2. The minimum Gasteiger partial charge on any atom is -0.369 e. The smallest absolute Gasteiger partial charge is 0.144 e. The molecule has 1 rings (SSSR count). The highest BCUT2D eigenvalue weighted by atomic mass is 35.5. The predicted octanol–water partition coefficient (Wildman–Crippen LogP) is 3.85. The second-order valence-electron chi connectivity index (χ2n) is 2.26. The van der Waals surface area contributed by atoms with Crippen LogP contribution in [0.1, 0.15) is 27.2 Å². The van der Waals surface area contributed by atoms with Crippen LogP contribution in [0.2, 0.25) is 5.02 Å². The molecule has 0 aliphatic rings. The molecule has 1 aromatic rings. The van der Waals surface area contributed by atoms with Gasteiger partial charge in [0.15, 0.2) is 0 Å². The third-order valence-corrected chi connectivity index (χ3v) is 1.61. The lowest BCUT2D eigenvalue weighted by atomic mass is 10.4. The van der Waals surface area contributed by atoms with Crippen LogP contribution in [0.3, 0.4) is 0 Å². The van der Waals surface area contributed by atoms with Crippen LogP contribution in [-0.2, 0) is 0 Å². The zero-order valence-electron chi connectivity index (χ0n) is 9.68. The highest BCUT2D eigenvalue weighted by Crippen LogP contribution is 2.16. The highest BCUT2D eigenvalue weighted by molar-refractivity contribution is 6.32. The van der Waals surface area contributed by atoms with Crippen LogP contribution < -0.4 is 5.32 Å². The summed E-state index contributed by atoms with van der Waals surface area (Å²) in [5.74, 6) is 0.774. The van der Waals surface area contributed by atoms with Gasteiger partial charge in [-0.05, 0) is 25.3 Å². The monoisotopic (exact) mass is 229 g/mol. The molecule has 0 aliphatic carbocycles. The SMILES string of the molecule is C=N.CC.CCCNc1ncccc1Cl. The Hall–Kier alpha value is -1.09. The van der Waals surface area contributed by atoms with Gasteiger partial charge in [-0.1, -0.05) is 32.4 Å². The lowest BCUT2D eigenvalue weighted by Crippen LogP contribution is -2.01. The number of nitrogens with zero attached hydrogens (tertiary/aromatic N) is 1. The van der Waals surface area contributed by atoms with Crippen molar-refractivity contribution in [1.29, 1.82) is 5.41 Å². The fraction of sp³-hybridized carbons (Fsp3) is 0.455. The Morgan fingerprint density at radius 1 is 1.47 bits per heavy atom. The van der Waals surface area contributed by atoms with E-state index in [-0.39, 0.29) is 0 Å². The maximum atomic E-state index is 5.83. The van der Waals surface area contributed by atoms with Gasteiger partial charge in [0.2, 0.25) is 0 Å². The Balaban J connectivity index is 0. The van der Waals surface area contributed by atoms with Gasteiger partial charge >= 0.3 is 0 Å². The summed E-state index contributed by atoms with van der Waals surface area (Å²) in [4.78, 5) is 4.07. The molecular formula is C11H20ClN3. The van der Waals surface area contributed by atoms with Crippen molar-refractivity contribution >= 4 is 24.1 Å². The highest BCUT2D eigenvalue weighted by Gasteiger charge is 1.96. The van der Waals surface area contributed by atoms with Crippen molar-refractivity contribution in [2.24, 2.45) is 0 Å². The summed E-state index contributed by atoms with van der Waals surface area (Å²) in [6.45, 7) is 9.51. The topological polar surface area (TPSA) is 48.8 Å². The van der Waals surface area contributed by atoms with Gasteiger partial charge < -0.3 is 10.7 Å². The van der Waals surface area contributed by atoms with Crippen molar-refractivity contribution in [2.75, 3.05) is 11.9 Å². The molecule has 0 saturated heterocycles. The molecular weight excluding hydrogens is 210 g/mol. The zero-order valence-corrected chi connectivity index (χ0v) is 10.4. The molecule has 0 unspecified atom stereocenters. The van der Waals surface area contributed by atoms with E-state index in [0.29, 0.717) is 5.02 Å². The Bertz CT molecular complexity index is 241. The van der Waals surface area contributed by atoms with E-state index in [0.717, 1.165) is 18.8 Å². The lowest BCUT2D eigenvalue weighted by Gasteiger charge is -2.03. The van der Waals surface area contributed by atoms with E-state index in [1.54, 1.807) is 6.20 Å². The fourth-order valence-electron chi connectivity index (χ4n) is 0.759. The van der Waals surface area contributed by atoms with E-state index in [1.807, 2.05) is 26.0 Å². The molecule has 0 amide bonds. The standard InChI is InChI=1S/C8H11ClN2.C2H6.CH3N/c1-2-5-10-8-7(9)4-3-6-11-8;2*1-2/h3-4,6H,2,5H2,1H3,(H,10,11);1-2H3;2H,1H2. The number of aromatic nitrogens is 1. The van der Waals surface area contributed by atoms with Crippen molar-refractivity contribution in [3.05, 3.63) is 23.4 Å². The third-order valence-electron chi connectivity index (χ3n) is 1.30. The number of nitrogens with one attached hydrogen (secondary N) is 2. The van der Waals surface area contributed by atoms with Crippen LogP contribution in [0.25, 0.3) is 0 Å². The molecule has 0 aromatic carbocycles. The summed E-state index contributed by atoms with van der Waals surface area (Å²) in [6.07, 6.45) is 2.80. The summed E-state index contributed by atoms with van der Waals surface area (Å²) >= 11 is 5.83. The molecule has 0 atom stereocenters. The average Bonchev–Trinajstić information content (AvgIpc) is 2.33. The van der Waals surface area contributed by atoms with E-state index in [9.17, 15) is 0 Å². The van der Waals surface area contributed by atoms with Gasteiger partial charge in [-0.3, -0.25) is 0 Å². The first-order valence-corrected chi connectivity index (χ1v) is 5.42. The van der Waals surface area contributed by atoms with Gasteiger partial charge in [0.05, 0.1) is 5.02 Å². The first kappa shape index (κ1) is 16.3. The lowest BCUT2D eigenvalue weighted by molar-refractivity contribution is 0.969. The minimum atomic E-state index is 0.681. The Morgan fingerprint density at radius 3 is 2.53 bits per heavy atom. The van der Waals surface area contributed by atoms with Crippen LogP contribution in [0, 0.1) is 5.41 Å². The molecule has 0 spiro atoms. The fourth-order valence-corrected chi connectivity index (χ4v) is 0.948. The third kappa shape index (κ3) is 7.94. The van der Waals surface area contributed by atoms with E-state index in [2.05, 4.69) is 23.9 Å². The van der Waals surface area contributed by atoms with Crippen LogP contribution in [0.5, 0.6) is 0 Å². The molecule has 0 bridgehead atoms. The first-order chi connectivity index (χ1) is 7.34. The minimum absolute atomic E-state index is 0.681. The van der Waals surface area contributed by atoms with Crippen molar-refractivity contribution < 1.29 is 0 Å². The number of rotatable bonds is 3. The molecule has 1 heterocycles. The molecule has 0 fully saturated rings.